The summed E-state index contributed by atoms with van der Waals surface area (Å²) in [5, 5.41) is 14.9. The third-order valence-electron chi connectivity index (χ3n) is 5.91. The summed E-state index contributed by atoms with van der Waals surface area (Å²) in [6.45, 7) is 6.07. The molecule has 2 aromatic carbocycles. The second kappa shape index (κ2) is 10.2. The molecule has 0 aliphatic rings. The lowest BCUT2D eigenvalue weighted by molar-refractivity contribution is 0.0739. The molecule has 34 heavy (non-hydrogen) atoms. The number of fused-ring (bicyclic) bond motifs is 1. The minimum atomic E-state index is -0.991. The van der Waals surface area contributed by atoms with Gasteiger partial charge in [-0.1, -0.05) is 6.07 Å². The molecule has 4 aromatic rings. The van der Waals surface area contributed by atoms with E-state index >= 15 is 0 Å². The molecular weight excluding hydrogens is 426 g/mol. The monoisotopic (exact) mass is 459 g/mol. The molecule has 2 aromatic heterocycles. The van der Waals surface area contributed by atoms with Crippen LogP contribution >= 0.6 is 0 Å². The highest BCUT2D eigenvalue weighted by molar-refractivity contribution is 5.84. The van der Waals surface area contributed by atoms with Crippen LogP contribution in [0, 0.1) is 0 Å². The molecule has 0 aliphatic carbocycles. The summed E-state index contributed by atoms with van der Waals surface area (Å²) >= 11 is 0. The Morgan fingerprint density at radius 2 is 1.79 bits per heavy atom. The molecule has 0 bridgehead atoms. The molecule has 0 saturated carbocycles. The van der Waals surface area contributed by atoms with Crippen molar-refractivity contribution in [1.82, 2.24) is 9.97 Å². The van der Waals surface area contributed by atoms with Gasteiger partial charge in [-0.05, 0) is 81.5 Å². The predicted octanol–water partition coefficient (Wildman–Crippen LogP) is 6.12. The minimum absolute atomic E-state index is 0.610. The van der Waals surface area contributed by atoms with Gasteiger partial charge in [-0.2, -0.15) is 0 Å². The Balaban J connectivity index is 1.45. The van der Waals surface area contributed by atoms with Gasteiger partial charge in [0, 0.05) is 46.8 Å². The van der Waals surface area contributed by atoms with Crippen LogP contribution in [0.4, 0.5) is 11.4 Å². The topological polar surface area (TPSA) is 79.4 Å². The highest BCUT2D eigenvalue weighted by Crippen LogP contribution is 2.29. The third-order valence-corrected chi connectivity index (χ3v) is 5.91. The molecule has 0 saturated heterocycles. The molecular formula is C28H33N3O3. The number of aliphatic hydroxyl groups is 1. The fourth-order valence-electron chi connectivity index (χ4n) is 4.11. The van der Waals surface area contributed by atoms with E-state index in [9.17, 15) is 5.11 Å². The van der Waals surface area contributed by atoms with Gasteiger partial charge in [-0.25, -0.2) is 0 Å². The average Bonchev–Trinajstić information content (AvgIpc) is 3.22. The Morgan fingerprint density at radius 1 is 1.00 bits per heavy atom. The van der Waals surface area contributed by atoms with Crippen LogP contribution in [0.3, 0.4) is 0 Å². The van der Waals surface area contributed by atoms with Crippen molar-refractivity contribution in [2.45, 2.75) is 45.6 Å². The van der Waals surface area contributed by atoms with Gasteiger partial charge in [-0.3, -0.25) is 4.98 Å². The maximum Gasteiger partial charge on any atom is 0.124 e. The van der Waals surface area contributed by atoms with Crippen LogP contribution in [-0.4, -0.2) is 28.8 Å². The van der Waals surface area contributed by atoms with Gasteiger partial charge in [0.2, 0.25) is 0 Å². The Bertz CT molecular complexity index is 1260. The SMILES string of the molecule is CCOc1cc(Nc2ccnc(C(C)(C)O)c2)ccc1CCCc1c[nH]c2cc(OC)ccc12. The van der Waals surface area contributed by atoms with Gasteiger partial charge < -0.3 is 24.9 Å². The van der Waals surface area contributed by atoms with Crippen LogP contribution in [0.1, 0.15) is 44.0 Å². The summed E-state index contributed by atoms with van der Waals surface area (Å²) in [7, 11) is 1.69. The molecule has 0 amide bonds. The number of H-pyrrole nitrogens is 1. The van der Waals surface area contributed by atoms with Gasteiger partial charge in [0.15, 0.2) is 0 Å². The smallest absolute Gasteiger partial charge is 0.124 e. The first kappa shape index (κ1) is 23.6. The molecule has 3 N–H and O–H groups in total. The molecule has 0 unspecified atom stereocenters. The highest BCUT2D eigenvalue weighted by atomic mass is 16.5. The lowest BCUT2D eigenvalue weighted by atomic mass is 10.0. The quantitative estimate of drug-likeness (QED) is 0.266. The second-order valence-electron chi connectivity index (χ2n) is 8.95. The number of benzene rings is 2. The molecule has 178 valence electrons. The number of ether oxygens (including phenoxy) is 2. The summed E-state index contributed by atoms with van der Waals surface area (Å²) in [6, 6.07) is 16.2. The third kappa shape index (κ3) is 5.51. The van der Waals surface area contributed by atoms with Crippen molar-refractivity contribution >= 4 is 22.3 Å². The zero-order valence-electron chi connectivity index (χ0n) is 20.3. The van der Waals surface area contributed by atoms with E-state index in [1.54, 1.807) is 27.2 Å². The standard InChI is InChI=1S/C28H33N3O3/c1-5-34-26-15-21(31-22-13-14-29-27(16-22)28(2,3)32)10-9-19(26)7-6-8-20-18-30-25-17-23(33-4)11-12-24(20)25/h9-18,30,32H,5-8H2,1-4H3,(H,29,31). The Kier molecular flexibility index (Phi) is 7.08. The molecule has 0 radical (unpaired) electrons. The van der Waals surface area contributed by atoms with E-state index in [1.807, 2.05) is 37.3 Å². The highest BCUT2D eigenvalue weighted by Gasteiger charge is 2.18. The minimum Gasteiger partial charge on any atom is -0.497 e. The van der Waals surface area contributed by atoms with Crippen LogP contribution in [0.25, 0.3) is 10.9 Å². The summed E-state index contributed by atoms with van der Waals surface area (Å²) < 4.78 is 11.3. The van der Waals surface area contributed by atoms with Crippen molar-refractivity contribution in [3.63, 3.8) is 0 Å². The molecule has 6 heteroatoms. The Hall–Kier alpha value is -3.51. The number of aromatic amines is 1. The van der Waals surface area contributed by atoms with Crippen molar-refractivity contribution in [3.8, 4) is 11.5 Å². The van der Waals surface area contributed by atoms with E-state index in [4.69, 9.17) is 9.47 Å². The Morgan fingerprint density at radius 3 is 2.56 bits per heavy atom. The molecule has 6 nitrogen and oxygen atoms in total. The zero-order chi connectivity index (χ0) is 24.1. The zero-order valence-corrected chi connectivity index (χ0v) is 20.3. The lowest BCUT2D eigenvalue weighted by Gasteiger charge is -2.18. The number of pyridine rings is 1. The number of nitrogens with one attached hydrogen (secondary N) is 2. The maximum absolute atomic E-state index is 10.2. The van der Waals surface area contributed by atoms with Crippen LogP contribution in [0.5, 0.6) is 11.5 Å². The fraction of sp³-hybridized carbons (Fsp3) is 0.321. The molecule has 0 spiro atoms. The van der Waals surface area contributed by atoms with Crippen LogP contribution < -0.4 is 14.8 Å². The number of hydrogen-bond acceptors (Lipinski definition) is 5. The van der Waals surface area contributed by atoms with Crippen LogP contribution in [0.15, 0.2) is 60.9 Å². The largest absolute Gasteiger partial charge is 0.497 e. The number of aromatic nitrogens is 2. The summed E-state index contributed by atoms with van der Waals surface area (Å²) in [6.07, 6.45) is 6.72. The van der Waals surface area contributed by atoms with E-state index in [2.05, 4.69) is 39.7 Å². The van der Waals surface area contributed by atoms with Crippen molar-refractivity contribution in [2.24, 2.45) is 0 Å². The van der Waals surface area contributed by atoms with E-state index in [0.29, 0.717) is 12.3 Å². The number of anilines is 2. The summed E-state index contributed by atoms with van der Waals surface area (Å²) in [4.78, 5) is 7.63. The van der Waals surface area contributed by atoms with Crippen molar-refractivity contribution in [3.05, 3.63) is 77.7 Å². The van der Waals surface area contributed by atoms with Gasteiger partial charge in [0.25, 0.3) is 0 Å². The fourth-order valence-corrected chi connectivity index (χ4v) is 4.11. The molecule has 0 aliphatic heterocycles. The van der Waals surface area contributed by atoms with Gasteiger partial charge in [-0.15, -0.1) is 0 Å². The molecule has 0 fully saturated rings. The molecule has 2 heterocycles. The summed E-state index contributed by atoms with van der Waals surface area (Å²) in [5.74, 6) is 1.76. The number of aryl methyl sites for hydroxylation is 2. The van der Waals surface area contributed by atoms with Gasteiger partial charge in [0.1, 0.15) is 17.1 Å². The normalized spacial score (nSPS) is 11.6. The van der Waals surface area contributed by atoms with Crippen LogP contribution in [0.2, 0.25) is 0 Å². The lowest BCUT2D eigenvalue weighted by Crippen LogP contribution is -2.17. The number of rotatable bonds is 10. The Labute approximate surface area is 201 Å². The van der Waals surface area contributed by atoms with Gasteiger partial charge >= 0.3 is 0 Å². The predicted molar refractivity (Wildman–Crippen MR) is 137 cm³/mol. The van der Waals surface area contributed by atoms with E-state index in [-0.39, 0.29) is 0 Å². The van der Waals surface area contributed by atoms with E-state index in [0.717, 1.165) is 47.7 Å². The number of methoxy groups -OCH3 is 1. The second-order valence-corrected chi connectivity index (χ2v) is 8.95. The molecule has 4 rings (SSSR count). The van der Waals surface area contributed by atoms with Crippen molar-refractivity contribution in [1.29, 1.82) is 0 Å². The van der Waals surface area contributed by atoms with E-state index < -0.39 is 5.60 Å². The number of hydrogen-bond donors (Lipinski definition) is 3. The van der Waals surface area contributed by atoms with Crippen molar-refractivity contribution in [2.75, 3.05) is 19.0 Å². The number of nitrogens with zero attached hydrogens (tertiary/aromatic N) is 1. The summed E-state index contributed by atoms with van der Waals surface area (Å²) in [5.41, 5.74) is 5.05. The van der Waals surface area contributed by atoms with Gasteiger partial charge in [0.05, 0.1) is 19.4 Å². The average molecular weight is 460 g/mol. The first-order valence-corrected chi connectivity index (χ1v) is 11.7. The van der Waals surface area contributed by atoms with E-state index in [1.165, 1.54) is 16.5 Å². The first-order chi connectivity index (χ1) is 16.4. The maximum atomic E-state index is 10.2. The molecule has 0 atom stereocenters. The van der Waals surface area contributed by atoms with Crippen LogP contribution in [-0.2, 0) is 18.4 Å². The van der Waals surface area contributed by atoms with Crippen molar-refractivity contribution < 1.29 is 14.6 Å². The first-order valence-electron chi connectivity index (χ1n) is 11.7.